The third kappa shape index (κ3) is 2.14. The van der Waals surface area contributed by atoms with E-state index in [-0.39, 0.29) is 6.10 Å². The van der Waals surface area contributed by atoms with Gasteiger partial charge in [0.1, 0.15) is 6.61 Å². The lowest BCUT2D eigenvalue weighted by Crippen LogP contribution is -2.27. The maximum Gasteiger partial charge on any atom is 0.232 e. The Morgan fingerprint density at radius 3 is 2.44 bits per heavy atom. The van der Waals surface area contributed by atoms with Crippen LogP contribution < -0.4 is 4.74 Å². The summed E-state index contributed by atoms with van der Waals surface area (Å²) in [6.07, 6.45) is 1.90. The summed E-state index contributed by atoms with van der Waals surface area (Å²) in [6, 6.07) is 1.83. The lowest BCUT2D eigenvalue weighted by Gasteiger charge is -2.19. The Hall–Kier alpha value is -1.03. The fourth-order valence-corrected chi connectivity index (χ4v) is 3.13. The molecular formula is C14H24N2O2. The molecule has 1 unspecified atom stereocenters. The van der Waals surface area contributed by atoms with E-state index in [0.717, 1.165) is 6.61 Å². The molecule has 1 N–H and O–H groups in total. The van der Waals surface area contributed by atoms with Crippen LogP contribution in [0.25, 0.3) is 0 Å². The Kier molecular flexibility index (Phi) is 3.41. The quantitative estimate of drug-likeness (QED) is 0.847. The van der Waals surface area contributed by atoms with Crippen LogP contribution in [0.2, 0.25) is 0 Å². The van der Waals surface area contributed by atoms with Crippen molar-refractivity contribution in [3.05, 3.63) is 12.3 Å². The van der Waals surface area contributed by atoms with Crippen LogP contribution in [0.3, 0.4) is 0 Å². The molecule has 1 aliphatic rings. The van der Waals surface area contributed by atoms with Crippen molar-refractivity contribution in [1.29, 1.82) is 0 Å². The number of ether oxygens (including phenoxy) is 2. The summed E-state index contributed by atoms with van der Waals surface area (Å²) in [5, 5.41) is 6.74. The Labute approximate surface area is 109 Å². The van der Waals surface area contributed by atoms with Crippen molar-refractivity contribution in [3.8, 4) is 5.88 Å². The van der Waals surface area contributed by atoms with Crippen molar-refractivity contribution in [2.24, 2.45) is 16.7 Å². The molecule has 2 rings (SSSR count). The second kappa shape index (κ2) is 4.57. The predicted molar refractivity (Wildman–Crippen MR) is 70.5 cm³/mol. The number of nitrogens with one attached hydrogen (secondary N) is 1. The highest BCUT2D eigenvalue weighted by molar-refractivity contribution is 5.15. The summed E-state index contributed by atoms with van der Waals surface area (Å²) in [7, 11) is 0. The maximum atomic E-state index is 5.87. The topological polar surface area (TPSA) is 47.1 Å². The number of H-pyrrole nitrogens is 1. The lowest BCUT2D eigenvalue weighted by molar-refractivity contribution is 0.000841. The summed E-state index contributed by atoms with van der Waals surface area (Å²) in [6.45, 7) is 12.5. The average Bonchev–Trinajstić information content (AvgIpc) is 2.71. The van der Waals surface area contributed by atoms with Gasteiger partial charge in [-0.3, -0.25) is 5.10 Å². The molecule has 1 heterocycles. The van der Waals surface area contributed by atoms with Gasteiger partial charge in [0, 0.05) is 18.9 Å². The van der Waals surface area contributed by atoms with Crippen molar-refractivity contribution in [3.63, 3.8) is 0 Å². The average molecular weight is 252 g/mol. The fraction of sp³-hybridized carbons (Fsp3) is 0.786. The van der Waals surface area contributed by atoms with Crippen LogP contribution in [0.1, 0.15) is 34.6 Å². The summed E-state index contributed by atoms with van der Waals surface area (Å²) in [5.41, 5.74) is 0.615. The van der Waals surface area contributed by atoms with Gasteiger partial charge in [0.05, 0.1) is 6.10 Å². The summed E-state index contributed by atoms with van der Waals surface area (Å²) in [4.78, 5) is 0. The molecule has 0 aromatic carbocycles. The minimum atomic E-state index is 0.136. The molecule has 4 heteroatoms. The van der Waals surface area contributed by atoms with Crippen LogP contribution in [0.5, 0.6) is 5.88 Å². The Morgan fingerprint density at radius 2 is 2.00 bits per heavy atom. The minimum absolute atomic E-state index is 0.136. The van der Waals surface area contributed by atoms with E-state index in [0.29, 0.717) is 29.2 Å². The SMILES string of the molecule is CCOC(COc1cc[nH]n1)C1C(C)(C)C1(C)C. The van der Waals surface area contributed by atoms with Crippen LogP contribution >= 0.6 is 0 Å². The summed E-state index contributed by atoms with van der Waals surface area (Å²) < 4.78 is 11.6. The first-order chi connectivity index (χ1) is 8.41. The van der Waals surface area contributed by atoms with Crippen LogP contribution in [-0.2, 0) is 4.74 Å². The molecule has 1 aromatic rings. The molecule has 1 fully saturated rings. The largest absolute Gasteiger partial charge is 0.474 e. The molecule has 0 radical (unpaired) electrons. The van der Waals surface area contributed by atoms with Crippen molar-refractivity contribution in [2.75, 3.05) is 13.2 Å². The Balaban J connectivity index is 1.97. The van der Waals surface area contributed by atoms with Gasteiger partial charge in [-0.1, -0.05) is 27.7 Å². The highest BCUT2D eigenvalue weighted by Gasteiger charge is 2.67. The van der Waals surface area contributed by atoms with E-state index >= 15 is 0 Å². The lowest BCUT2D eigenvalue weighted by atomic mass is 10.0. The third-order valence-corrected chi connectivity index (χ3v) is 4.76. The first kappa shape index (κ1) is 13.4. The normalized spacial score (nSPS) is 22.7. The summed E-state index contributed by atoms with van der Waals surface area (Å²) >= 11 is 0. The second-order valence-electron chi connectivity index (χ2n) is 6.14. The number of hydrogen-bond donors (Lipinski definition) is 1. The zero-order chi connectivity index (χ0) is 13.4. The van der Waals surface area contributed by atoms with Crippen molar-refractivity contribution < 1.29 is 9.47 Å². The highest BCUT2D eigenvalue weighted by Crippen LogP contribution is 2.70. The monoisotopic (exact) mass is 252 g/mol. The maximum absolute atomic E-state index is 5.87. The van der Waals surface area contributed by atoms with Crippen molar-refractivity contribution >= 4 is 0 Å². The molecule has 1 aliphatic carbocycles. The van der Waals surface area contributed by atoms with Gasteiger partial charge in [0.25, 0.3) is 0 Å². The first-order valence-corrected chi connectivity index (χ1v) is 6.65. The summed E-state index contributed by atoms with van der Waals surface area (Å²) in [5.74, 6) is 1.17. The Bertz CT molecular complexity index is 371. The van der Waals surface area contributed by atoms with Crippen molar-refractivity contribution in [2.45, 2.75) is 40.7 Å². The molecule has 0 spiro atoms. The number of aromatic nitrogens is 2. The zero-order valence-corrected chi connectivity index (χ0v) is 12.0. The fourth-order valence-electron chi connectivity index (χ4n) is 3.13. The molecule has 0 bridgehead atoms. The molecule has 102 valence electrons. The third-order valence-electron chi connectivity index (χ3n) is 4.76. The molecule has 1 aromatic heterocycles. The van der Waals surface area contributed by atoms with Gasteiger partial charge in [-0.15, -0.1) is 5.10 Å². The number of nitrogens with zero attached hydrogens (tertiary/aromatic N) is 1. The van der Waals surface area contributed by atoms with Crippen LogP contribution in [0.4, 0.5) is 0 Å². The van der Waals surface area contributed by atoms with Gasteiger partial charge < -0.3 is 9.47 Å². The molecule has 0 aliphatic heterocycles. The van der Waals surface area contributed by atoms with E-state index in [1.54, 1.807) is 6.20 Å². The molecule has 0 amide bonds. The van der Waals surface area contributed by atoms with E-state index in [9.17, 15) is 0 Å². The van der Waals surface area contributed by atoms with E-state index in [4.69, 9.17) is 9.47 Å². The van der Waals surface area contributed by atoms with Crippen LogP contribution in [0.15, 0.2) is 12.3 Å². The molecule has 1 atom stereocenters. The predicted octanol–water partition coefficient (Wildman–Crippen LogP) is 2.88. The van der Waals surface area contributed by atoms with E-state index in [1.165, 1.54) is 0 Å². The van der Waals surface area contributed by atoms with Gasteiger partial charge in [0.2, 0.25) is 5.88 Å². The minimum Gasteiger partial charge on any atom is -0.474 e. The molecule has 0 saturated heterocycles. The van der Waals surface area contributed by atoms with E-state index in [2.05, 4.69) is 37.9 Å². The molecule has 4 nitrogen and oxygen atoms in total. The number of hydrogen-bond acceptors (Lipinski definition) is 3. The molecular weight excluding hydrogens is 228 g/mol. The zero-order valence-electron chi connectivity index (χ0n) is 12.0. The number of aromatic amines is 1. The molecule has 18 heavy (non-hydrogen) atoms. The second-order valence-corrected chi connectivity index (χ2v) is 6.14. The smallest absolute Gasteiger partial charge is 0.232 e. The van der Waals surface area contributed by atoms with Crippen LogP contribution in [0, 0.1) is 16.7 Å². The van der Waals surface area contributed by atoms with Crippen molar-refractivity contribution in [1.82, 2.24) is 10.2 Å². The first-order valence-electron chi connectivity index (χ1n) is 6.65. The van der Waals surface area contributed by atoms with E-state index < -0.39 is 0 Å². The van der Waals surface area contributed by atoms with Gasteiger partial charge >= 0.3 is 0 Å². The van der Waals surface area contributed by atoms with Gasteiger partial charge in [0.15, 0.2) is 0 Å². The van der Waals surface area contributed by atoms with Crippen LogP contribution in [-0.4, -0.2) is 29.5 Å². The molecule has 1 saturated carbocycles. The Morgan fingerprint density at radius 1 is 1.33 bits per heavy atom. The van der Waals surface area contributed by atoms with Gasteiger partial charge in [-0.25, -0.2) is 0 Å². The number of rotatable bonds is 6. The van der Waals surface area contributed by atoms with Gasteiger partial charge in [-0.2, -0.15) is 0 Å². The van der Waals surface area contributed by atoms with Gasteiger partial charge in [-0.05, 0) is 23.7 Å². The standard InChI is InChI=1S/C14H24N2O2/c1-6-17-10(9-18-11-7-8-15-16-11)12-13(2,3)14(12,4)5/h7-8,10,12H,6,9H2,1-5H3,(H,15,16). The van der Waals surface area contributed by atoms with E-state index in [1.807, 2.05) is 13.0 Å². The highest BCUT2D eigenvalue weighted by atomic mass is 16.5.